The van der Waals surface area contributed by atoms with E-state index in [9.17, 15) is 4.11 Å². The van der Waals surface area contributed by atoms with Crippen LogP contribution in [0.15, 0.2) is 160 Å². The third-order valence-electron chi connectivity index (χ3n) is 9.26. The Morgan fingerprint density at radius 1 is 0.471 bits per heavy atom. The summed E-state index contributed by atoms with van der Waals surface area (Å²) in [6, 6.07) is 34.8. The number of hydrogen-bond donors (Lipinski definition) is 0. The van der Waals surface area contributed by atoms with Crippen molar-refractivity contribution in [2.75, 3.05) is 0 Å². The first-order valence-electron chi connectivity index (χ1n) is 19.4. The van der Waals surface area contributed by atoms with E-state index in [1.807, 2.05) is 97.1 Å². The van der Waals surface area contributed by atoms with Gasteiger partial charge in [-0.1, -0.05) is 115 Å². The van der Waals surface area contributed by atoms with Gasteiger partial charge in [-0.3, -0.25) is 0 Å². The highest BCUT2D eigenvalue weighted by molar-refractivity contribution is 7.25. The van der Waals surface area contributed by atoms with E-state index in [1.54, 1.807) is 17.4 Å². The van der Waals surface area contributed by atoms with E-state index in [-0.39, 0.29) is 75.1 Å². The SMILES string of the molecule is [2H]c1c([2H])c([2H])c2c(oc3c([2H])c(-c4nc(-c5ccccc5)nc(-c5ccc6c(c5)sc5ccccc56)n4)c([2H])c([2H])c32)c1-c1cccc2oc3ccccc3c12. The Bertz CT molecular complexity index is 3510. The van der Waals surface area contributed by atoms with Gasteiger partial charge in [-0.25, -0.2) is 15.0 Å². The van der Waals surface area contributed by atoms with Gasteiger partial charge in [0.2, 0.25) is 0 Å². The lowest BCUT2D eigenvalue weighted by molar-refractivity contribution is 0.668. The van der Waals surface area contributed by atoms with Crippen molar-refractivity contribution in [1.29, 1.82) is 0 Å². The first kappa shape index (κ1) is 22.9. The maximum absolute atomic E-state index is 9.57. The van der Waals surface area contributed by atoms with Crippen molar-refractivity contribution in [3.63, 3.8) is 0 Å². The Morgan fingerprint density at radius 3 is 2.12 bits per heavy atom. The highest BCUT2D eigenvalue weighted by atomic mass is 32.1. The van der Waals surface area contributed by atoms with Crippen LogP contribution in [0.2, 0.25) is 0 Å². The van der Waals surface area contributed by atoms with Gasteiger partial charge < -0.3 is 8.83 Å². The van der Waals surface area contributed by atoms with Crippen LogP contribution in [-0.4, -0.2) is 15.0 Å². The topological polar surface area (TPSA) is 65.0 Å². The van der Waals surface area contributed by atoms with E-state index in [2.05, 4.69) is 12.1 Å². The molecule has 0 fully saturated rings. The summed E-state index contributed by atoms with van der Waals surface area (Å²) in [5.41, 5.74) is 3.40. The molecule has 0 bridgehead atoms. The number of hydrogen-bond acceptors (Lipinski definition) is 6. The van der Waals surface area contributed by atoms with E-state index in [1.165, 1.54) is 0 Å². The maximum atomic E-state index is 9.57. The minimum atomic E-state index is -0.364. The van der Waals surface area contributed by atoms with Gasteiger partial charge in [-0.15, -0.1) is 11.3 Å². The van der Waals surface area contributed by atoms with E-state index >= 15 is 0 Å². The van der Waals surface area contributed by atoms with Crippen LogP contribution >= 0.6 is 11.3 Å². The fraction of sp³-hybridized carbons (Fsp3) is 0. The fourth-order valence-corrected chi connectivity index (χ4v) is 8.04. The van der Waals surface area contributed by atoms with Gasteiger partial charge in [-0.05, 0) is 41.9 Å². The molecule has 0 saturated heterocycles. The highest BCUT2D eigenvalue weighted by Gasteiger charge is 2.19. The second kappa shape index (κ2) is 10.9. The highest BCUT2D eigenvalue weighted by Crippen LogP contribution is 2.42. The lowest BCUT2D eigenvalue weighted by Crippen LogP contribution is -2.00. The molecule has 11 aromatic rings. The first-order valence-corrected chi connectivity index (χ1v) is 17.2. The smallest absolute Gasteiger partial charge is 0.164 e. The van der Waals surface area contributed by atoms with Gasteiger partial charge in [0.05, 0.1) is 8.22 Å². The van der Waals surface area contributed by atoms with Crippen LogP contribution in [0.25, 0.3) is 109 Å². The van der Waals surface area contributed by atoms with Crippen molar-refractivity contribution in [2.45, 2.75) is 0 Å². The number of para-hydroxylation sites is 2. The standard InChI is InChI=1S/C45H25N3O2S/c1-2-10-26(11-3-1)43-46-44(48-45(47-43)28-21-23-31-30-12-5-7-19-39(30)51-40(31)25-28)27-20-22-29-33-15-8-16-34(42(33)50-38(29)24-27)32-14-9-18-37-41(32)35-13-4-6-17-36(35)49-37/h1-25H/i8D,15D,16D,20D,22D,24D. The van der Waals surface area contributed by atoms with Gasteiger partial charge in [0, 0.05) is 64.0 Å². The lowest BCUT2D eigenvalue weighted by atomic mass is 9.97. The minimum absolute atomic E-state index is 0.0180. The molecule has 238 valence electrons. The predicted octanol–water partition coefficient (Wildman–Crippen LogP) is 12.7. The summed E-state index contributed by atoms with van der Waals surface area (Å²) < 4.78 is 70.2. The van der Waals surface area contributed by atoms with Gasteiger partial charge in [0.1, 0.15) is 22.3 Å². The molecule has 0 unspecified atom stereocenters. The van der Waals surface area contributed by atoms with Gasteiger partial charge in [-0.2, -0.15) is 0 Å². The average molecular weight is 678 g/mol. The van der Waals surface area contributed by atoms with Crippen LogP contribution < -0.4 is 0 Å². The summed E-state index contributed by atoms with van der Waals surface area (Å²) in [5.74, 6) is 0.683. The second-order valence-electron chi connectivity index (χ2n) is 12.3. The molecule has 0 amide bonds. The molecule has 0 aliphatic carbocycles. The number of furan rings is 2. The Hall–Kier alpha value is -6.63. The number of fused-ring (bicyclic) bond motifs is 9. The number of benzene rings is 7. The monoisotopic (exact) mass is 677 g/mol. The number of thiophene rings is 1. The van der Waals surface area contributed by atoms with Crippen molar-refractivity contribution in [1.82, 2.24) is 15.0 Å². The van der Waals surface area contributed by atoms with E-state index in [4.69, 9.17) is 27.9 Å². The summed E-state index contributed by atoms with van der Waals surface area (Å²) in [6.45, 7) is 0. The van der Waals surface area contributed by atoms with Crippen LogP contribution in [0.1, 0.15) is 8.22 Å². The third-order valence-corrected chi connectivity index (χ3v) is 10.4. The van der Waals surface area contributed by atoms with Crippen LogP contribution in [0.5, 0.6) is 0 Å². The molecule has 51 heavy (non-hydrogen) atoms. The molecule has 0 saturated carbocycles. The Labute approximate surface area is 303 Å². The number of nitrogens with zero attached hydrogens (tertiary/aromatic N) is 3. The molecule has 0 N–H and O–H groups in total. The molecule has 0 radical (unpaired) electrons. The molecule has 11 rings (SSSR count). The van der Waals surface area contributed by atoms with Crippen LogP contribution in [0.4, 0.5) is 0 Å². The van der Waals surface area contributed by atoms with Crippen LogP contribution in [-0.2, 0) is 0 Å². The van der Waals surface area contributed by atoms with Gasteiger partial charge >= 0.3 is 0 Å². The molecule has 0 atom stereocenters. The second-order valence-corrected chi connectivity index (χ2v) is 13.4. The molecule has 0 aliphatic heterocycles. The normalized spacial score (nSPS) is 13.6. The summed E-state index contributed by atoms with van der Waals surface area (Å²) in [5, 5.41) is 3.92. The summed E-state index contributed by atoms with van der Waals surface area (Å²) >= 11 is 1.67. The summed E-state index contributed by atoms with van der Waals surface area (Å²) in [7, 11) is 0. The molecule has 7 aromatic carbocycles. The van der Waals surface area contributed by atoms with Gasteiger partial charge in [0.15, 0.2) is 17.5 Å². The summed E-state index contributed by atoms with van der Waals surface area (Å²) in [4.78, 5) is 14.5. The number of rotatable bonds is 4. The molecular weight excluding hydrogens is 647 g/mol. The predicted molar refractivity (Wildman–Crippen MR) is 209 cm³/mol. The van der Waals surface area contributed by atoms with Crippen LogP contribution in [0.3, 0.4) is 0 Å². The third kappa shape index (κ3) is 4.43. The Morgan fingerprint density at radius 2 is 1.22 bits per heavy atom. The minimum Gasteiger partial charge on any atom is -0.456 e. The average Bonchev–Trinajstić information content (AvgIpc) is 3.94. The maximum Gasteiger partial charge on any atom is 0.164 e. The van der Waals surface area contributed by atoms with Crippen molar-refractivity contribution in [3.05, 3.63) is 152 Å². The quantitative estimate of drug-likeness (QED) is 0.185. The van der Waals surface area contributed by atoms with Gasteiger partial charge in [0.25, 0.3) is 0 Å². The van der Waals surface area contributed by atoms with E-state index in [0.717, 1.165) is 31.1 Å². The molecule has 5 nitrogen and oxygen atoms in total. The van der Waals surface area contributed by atoms with Crippen molar-refractivity contribution in [2.24, 2.45) is 0 Å². The summed E-state index contributed by atoms with van der Waals surface area (Å²) in [6.07, 6.45) is 0. The van der Waals surface area contributed by atoms with Crippen molar-refractivity contribution < 1.29 is 17.1 Å². The molecule has 6 heteroatoms. The zero-order valence-electron chi connectivity index (χ0n) is 32.5. The first-order chi connectivity index (χ1) is 27.8. The zero-order valence-corrected chi connectivity index (χ0v) is 27.4. The zero-order chi connectivity index (χ0) is 38.7. The largest absolute Gasteiger partial charge is 0.456 e. The molecule has 0 aliphatic rings. The number of aromatic nitrogens is 3. The molecule has 4 aromatic heterocycles. The Kier molecular flexibility index (Phi) is 4.91. The van der Waals surface area contributed by atoms with Crippen molar-refractivity contribution in [3.8, 4) is 45.3 Å². The lowest BCUT2D eigenvalue weighted by Gasteiger charge is -2.08. The Balaban J connectivity index is 1.18. The molecule has 0 spiro atoms. The van der Waals surface area contributed by atoms with E-state index in [0.29, 0.717) is 39.3 Å². The van der Waals surface area contributed by atoms with E-state index < -0.39 is 0 Å². The molecular formula is C45H25N3O2S. The van der Waals surface area contributed by atoms with Crippen LogP contribution in [0, 0.1) is 0 Å². The van der Waals surface area contributed by atoms with Crippen molar-refractivity contribution >= 4 is 75.4 Å². The molecule has 4 heterocycles. The fourth-order valence-electron chi connectivity index (χ4n) is 6.90.